The molecule has 2 fully saturated rings. The summed E-state index contributed by atoms with van der Waals surface area (Å²) in [6.45, 7) is 12.4. The molecule has 0 aromatic heterocycles. The van der Waals surface area contributed by atoms with Gasteiger partial charge in [0.25, 0.3) is 8.32 Å². The maximum absolute atomic E-state index is 10.5. The molecule has 0 radical (unpaired) electrons. The number of rotatable bonds is 4. The number of aliphatic hydroxyl groups excluding tert-OH is 1. The van der Waals surface area contributed by atoms with Crippen LogP contribution in [0.3, 0.4) is 0 Å². The van der Waals surface area contributed by atoms with Crippen LogP contribution in [0.25, 0.3) is 0 Å². The molecule has 0 saturated carbocycles. The second-order valence-electron chi connectivity index (χ2n) is 9.80. The lowest BCUT2D eigenvalue weighted by Gasteiger charge is -2.47. The first kappa shape index (κ1) is 20.7. The molecule has 4 nitrogen and oxygen atoms in total. The molecule has 3 atom stereocenters. The second kappa shape index (κ2) is 7.76. The van der Waals surface area contributed by atoms with E-state index in [0.29, 0.717) is 6.04 Å². The highest BCUT2D eigenvalue weighted by Crippen LogP contribution is 2.43. The zero-order chi connectivity index (χ0) is 19.8. The van der Waals surface area contributed by atoms with E-state index in [1.807, 2.05) is 6.07 Å². The van der Waals surface area contributed by atoms with Gasteiger partial charge in [0.05, 0.1) is 13.2 Å². The average molecular weight is 392 g/mol. The van der Waals surface area contributed by atoms with Crippen molar-refractivity contribution in [2.75, 3.05) is 13.7 Å². The highest BCUT2D eigenvalue weighted by Gasteiger charge is 2.40. The van der Waals surface area contributed by atoms with Crippen molar-refractivity contribution < 1.29 is 14.3 Å². The van der Waals surface area contributed by atoms with E-state index in [9.17, 15) is 5.11 Å². The topological polar surface area (TPSA) is 41.9 Å². The van der Waals surface area contributed by atoms with Crippen LogP contribution in [0.15, 0.2) is 18.2 Å². The Labute approximate surface area is 166 Å². The third-order valence-electron chi connectivity index (χ3n) is 6.86. The van der Waals surface area contributed by atoms with Gasteiger partial charge in [-0.2, -0.15) is 0 Å². The molecule has 0 amide bonds. The van der Waals surface area contributed by atoms with Gasteiger partial charge in [0.1, 0.15) is 5.75 Å². The zero-order valence-electron chi connectivity index (χ0n) is 17.9. The van der Waals surface area contributed by atoms with Gasteiger partial charge >= 0.3 is 0 Å². The molecule has 2 aliphatic rings. The number of fused-ring (bicyclic) bond motifs is 1. The quantitative estimate of drug-likeness (QED) is 0.723. The number of aliphatic hydroxyl groups is 1. The van der Waals surface area contributed by atoms with Gasteiger partial charge in [-0.05, 0) is 68.1 Å². The second-order valence-corrected chi connectivity index (χ2v) is 14.5. The van der Waals surface area contributed by atoms with E-state index in [1.54, 1.807) is 7.11 Å². The van der Waals surface area contributed by atoms with E-state index in [4.69, 9.17) is 9.16 Å². The van der Waals surface area contributed by atoms with Crippen molar-refractivity contribution in [3.05, 3.63) is 23.8 Å². The number of ether oxygens (including phenoxy) is 1. The van der Waals surface area contributed by atoms with Crippen molar-refractivity contribution in [2.24, 2.45) is 0 Å². The van der Waals surface area contributed by atoms with Gasteiger partial charge in [-0.15, -0.1) is 0 Å². The fourth-order valence-electron chi connectivity index (χ4n) is 4.23. The molecule has 1 aromatic rings. The standard InChI is InChI=1S/C22H37NO3Si/c1-22(2,3)27(5,6)26-21-13-16(10-11-20(21)25-4)19-15-18(24)14-17-9-7-8-12-23(17)19/h10-11,13,17-19,24H,7-9,12,14-15H2,1-6H3/t17-,18-,19-/m0/s1. The molecule has 0 spiro atoms. The molecule has 2 aliphatic heterocycles. The van der Waals surface area contributed by atoms with Crippen LogP contribution < -0.4 is 9.16 Å². The number of hydrogen-bond donors (Lipinski definition) is 1. The molecule has 0 aliphatic carbocycles. The van der Waals surface area contributed by atoms with Crippen LogP contribution in [-0.4, -0.2) is 44.1 Å². The van der Waals surface area contributed by atoms with E-state index < -0.39 is 8.32 Å². The van der Waals surface area contributed by atoms with Crippen molar-refractivity contribution in [3.8, 4) is 11.5 Å². The first-order valence-electron chi connectivity index (χ1n) is 10.4. The molecule has 2 saturated heterocycles. The van der Waals surface area contributed by atoms with Gasteiger partial charge in [0.2, 0.25) is 0 Å². The summed E-state index contributed by atoms with van der Waals surface area (Å²) in [5.41, 5.74) is 1.25. The Morgan fingerprint density at radius 3 is 2.52 bits per heavy atom. The molecule has 2 heterocycles. The van der Waals surface area contributed by atoms with Crippen LogP contribution in [-0.2, 0) is 0 Å². The Kier molecular flexibility index (Phi) is 5.95. The largest absolute Gasteiger partial charge is 0.541 e. The molecule has 1 aromatic carbocycles. The summed E-state index contributed by atoms with van der Waals surface area (Å²) in [6.07, 6.45) is 5.26. The van der Waals surface area contributed by atoms with E-state index in [1.165, 1.54) is 24.8 Å². The minimum atomic E-state index is -1.96. The summed E-state index contributed by atoms with van der Waals surface area (Å²) < 4.78 is 12.2. The fraction of sp³-hybridized carbons (Fsp3) is 0.727. The van der Waals surface area contributed by atoms with Crippen molar-refractivity contribution in [3.63, 3.8) is 0 Å². The number of methoxy groups -OCH3 is 1. The minimum Gasteiger partial charge on any atom is -0.541 e. The highest BCUT2D eigenvalue weighted by atomic mass is 28.4. The van der Waals surface area contributed by atoms with E-state index in [-0.39, 0.29) is 17.2 Å². The molecule has 152 valence electrons. The molecule has 0 bridgehead atoms. The summed E-state index contributed by atoms with van der Waals surface area (Å²) in [6, 6.07) is 7.16. The average Bonchev–Trinajstić information content (AvgIpc) is 2.59. The summed E-state index contributed by atoms with van der Waals surface area (Å²) in [5, 5.41) is 10.6. The fourth-order valence-corrected chi connectivity index (χ4v) is 5.24. The summed E-state index contributed by atoms with van der Waals surface area (Å²) in [5.74, 6) is 1.66. The molecule has 3 rings (SSSR count). The summed E-state index contributed by atoms with van der Waals surface area (Å²) in [7, 11) is -0.250. The zero-order valence-corrected chi connectivity index (χ0v) is 18.9. The van der Waals surface area contributed by atoms with Crippen molar-refractivity contribution in [2.45, 2.75) is 89.2 Å². The molecular formula is C22H37NO3Si. The molecule has 0 unspecified atom stereocenters. The van der Waals surface area contributed by atoms with Crippen molar-refractivity contribution in [1.29, 1.82) is 0 Å². The molecule has 5 heteroatoms. The predicted molar refractivity (Wildman–Crippen MR) is 113 cm³/mol. The minimum absolute atomic E-state index is 0.132. The summed E-state index contributed by atoms with van der Waals surface area (Å²) in [4.78, 5) is 2.62. The monoisotopic (exact) mass is 391 g/mol. The van der Waals surface area contributed by atoms with Gasteiger partial charge in [-0.1, -0.05) is 33.3 Å². The van der Waals surface area contributed by atoms with Crippen LogP contribution >= 0.6 is 0 Å². The number of hydrogen-bond acceptors (Lipinski definition) is 4. The first-order valence-corrected chi connectivity index (χ1v) is 13.3. The van der Waals surface area contributed by atoms with Crippen LogP contribution in [0.4, 0.5) is 0 Å². The van der Waals surface area contributed by atoms with E-state index in [0.717, 1.165) is 30.9 Å². The molecule has 27 heavy (non-hydrogen) atoms. The lowest BCUT2D eigenvalue weighted by molar-refractivity contribution is -0.0180. The van der Waals surface area contributed by atoms with Gasteiger partial charge in [-0.3, -0.25) is 4.90 Å². The highest BCUT2D eigenvalue weighted by molar-refractivity contribution is 6.74. The lowest BCUT2D eigenvalue weighted by atomic mass is 9.84. The van der Waals surface area contributed by atoms with Crippen LogP contribution in [0.1, 0.15) is 64.5 Å². The number of nitrogens with zero attached hydrogens (tertiary/aromatic N) is 1. The van der Waals surface area contributed by atoms with Crippen molar-refractivity contribution in [1.82, 2.24) is 4.90 Å². The number of piperidine rings is 2. The number of benzene rings is 1. The maximum atomic E-state index is 10.5. The van der Waals surface area contributed by atoms with Gasteiger partial charge in [-0.25, -0.2) is 0 Å². The Hall–Kier alpha value is -1.04. The predicted octanol–water partition coefficient (Wildman–Crippen LogP) is 5.13. The summed E-state index contributed by atoms with van der Waals surface area (Å²) >= 11 is 0. The molecular weight excluding hydrogens is 354 g/mol. The smallest absolute Gasteiger partial charge is 0.250 e. The Balaban J connectivity index is 1.92. The Morgan fingerprint density at radius 2 is 1.85 bits per heavy atom. The lowest BCUT2D eigenvalue weighted by Crippen LogP contribution is -2.48. The van der Waals surface area contributed by atoms with Crippen LogP contribution in [0, 0.1) is 0 Å². The Bertz CT molecular complexity index is 655. The third kappa shape index (κ3) is 4.35. The maximum Gasteiger partial charge on any atom is 0.250 e. The van der Waals surface area contributed by atoms with Gasteiger partial charge in [0, 0.05) is 12.1 Å². The SMILES string of the molecule is COc1ccc([C@@H]2C[C@@H](O)C[C@@H]3CCCCN32)cc1O[Si](C)(C)C(C)(C)C. The van der Waals surface area contributed by atoms with Crippen LogP contribution in [0.2, 0.25) is 18.1 Å². The van der Waals surface area contributed by atoms with Crippen LogP contribution in [0.5, 0.6) is 11.5 Å². The molecule has 1 N–H and O–H groups in total. The third-order valence-corrected chi connectivity index (χ3v) is 11.2. The Morgan fingerprint density at radius 1 is 1.11 bits per heavy atom. The normalized spacial score (nSPS) is 27.1. The van der Waals surface area contributed by atoms with Crippen molar-refractivity contribution >= 4 is 8.32 Å². The van der Waals surface area contributed by atoms with Gasteiger partial charge in [0.15, 0.2) is 5.75 Å². The van der Waals surface area contributed by atoms with E-state index >= 15 is 0 Å². The first-order chi connectivity index (χ1) is 12.6. The van der Waals surface area contributed by atoms with Gasteiger partial charge < -0.3 is 14.3 Å². The van der Waals surface area contributed by atoms with E-state index in [2.05, 4.69) is 50.9 Å².